The minimum absolute atomic E-state index is 0.0149. The largest absolute Gasteiger partial charge is 0.420 e. The number of benzene rings is 1. The van der Waals surface area contributed by atoms with Gasteiger partial charge in [0.15, 0.2) is 5.75 Å². The number of aromatic nitrogens is 2. The van der Waals surface area contributed by atoms with E-state index in [9.17, 15) is 9.59 Å². The van der Waals surface area contributed by atoms with Crippen molar-refractivity contribution in [3.8, 4) is 5.75 Å². The van der Waals surface area contributed by atoms with Crippen LogP contribution < -0.4 is 9.64 Å². The fourth-order valence-corrected chi connectivity index (χ4v) is 2.59. The van der Waals surface area contributed by atoms with E-state index in [4.69, 9.17) is 4.74 Å². The second-order valence-corrected chi connectivity index (χ2v) is 5.19. The molecule has 0 saturated carbocycles. The molecule has 114 valence electrons. The first kappa shape index (κ1) is 14.3. The zero-order valence-electron chi connectivity index (χ0n) is 12.6. The van der Waals surface area contributed by atoms with Gasteiger partial charge in [0.2, 0.25) is 5.91 Å². The Kier molecular flexibility index (Phi) is 3.66. The molecule has 0 aliphatic carbocycles. The summed E-state index contributed by atoms with van der Waals surface area (Å²) in [6.45, 7) is 4.88. The molecule has 0 spiro atoms. The Morgan fingerprint density at radius 3 is 2.86 bits per heavy atom. The summed E-state index contributed by atoms with van der Waals surface area (Å²) in [5, 5.41) is 4.06. The normalized spacial score (nSPS) is 13.1. The lowest BCUT2D eigenvalue weighted by Gasteiger charge is -2.14. The van der Waals surface area contributed by atoms with Crippen LogP contribution in [0.25, 0.3) is 0 Å². The predicted octanol–water partition coefficient (Wildman–Crippen LogP) is 2.03. The highest BCUT2D eigenvalue weighted by Crippen LogP contribution is 2.29. The molecule has 1 aliphatic rings. The average Bonchev–Trinajstić information content (AvgIpc) is 3.12. The van der Waals surface area contributed by atoms with Gasteiger partial charge in [-0.05, 0) is 37.1 Å². The molecular formula is C16H17N3O3. The van der Waals surface area contributed by atoms with Crippen LogP contribution in [0.1, 0.15) is 29.8 Å². The van der Waals surface area contributed by atoms with Crippen molar-refractivity contribution in [3.63, 3.8) is 0 Å². The van der Waals surface area contributed by atoms with E-state index < -0.39 is 5.97 Å². The first-order chi connectivity index (χ1) is 10.6. The van der Waals surface area contributed by atoms with Gasteiger partial charge < -0.3 is 9.64 Å². The van der Waals surface area contributed by atoms with Crippen molar-refractivity contribution in [2.75, 3.05) is 11.4 Å². The van der Waals surface area contributed by atoms with Crippen LogP contribution in [0.3, 0.4) is 0 Å². The summed E-state index contributed by atoms with van der Waals surface area (Å²) in [6.07, 6.45) is 3.96. The molecule has 6 heteroatoms. The van der Waals surface area contributed by atoms with Crippen molar-refractivity contribution in [2.45, 2.75) is 26.8 Å². The number of hydrogen-bond donors (Lipinski definition) is 0. The lowest BCUT2D eigenvalue weighted by atomic mass is 10.1. The maximum atomic E-state index is 12.2. The summed E-state index contributed by atoms with van der Waals surface area (Å²) >= 11 is 0. The van der Waals surface area contributed by atoms with Crippen molar-refractivity contribution < 1.29 is 14.3 Å². The number of esters is 1. The molecule has 3 rings (SSSR count). The number of ether oxygens (including phenoxy) is 1. The van der Waals surface area contributed by atoms with Crippen LogP contribution in [0, 0.1) is 0 Å². The number of amides is 1. The fraction of sp³-hybridized carbons (Fsp3) is 0.312. The van der Waals surface area contributed by atoms with Gasteiger partial charge in [-0.3, -0.25) is 9.48 Å². The van der Waals surface area contributed by atoms with Gasteiger partial charge in [0.25, 0.3) is 0 Å². The smallest absolute Gasteiger partial charge is 0.343 e. The van der Waals surface area contributed by atoms with Crippen LogP contribution in [0.5, 0.6) is 5.75 Å². The Bertz CT molecular complexity index is 736. The van der Waals surface area contributed by atoms with Crippen LogP contribution in [0.15, 0.2) is 30.6 Å². The number of carbonyl (C=O) groups is 2. The topological polar surface area (TPSA) is 64.4 Å². The minimum Gasteiger partial charge on any atom is -0.420 e. The van der Waals surface area contributed by atoms with Gasteiger partial charge in [-0.25, -0.2) is 4.79 Å². The molecule has 1 aromatic carbocycles. The molecule has 22 heavy (non-hydrogen) atoms. The number of hydrogen-bond acceptors (Lipinski definition) is 4. The number of rotatable bonds is 3. The van der Waals surface area contributed by atoms with Gasteiger partial charge in [0.1, 0.15) is 0 Å². The van der Waals surface area contributed by atoms with Gasteiger partial charge in [-0.1, -0.05) is 0 Å². The third kappa shape index (κ3) is 2.59. The van der Waals surface area contributed by atoms with Gasteiger partial charge >= 0.3 is 5.97 Å². The maximum absolute atomic E-state index is 12.2. The Morgan fingerprint density at radius 2 is 2.18 bits per heavy atom. The van der Waals surface area contributed by atoms with Gasteiger partial charge in [0.05, 0.1) is 18.0 Å². The van der Waals surface area contributed by atoms with Crippen molar-refractivity contribution in [2.24, 2.45) is 0 Å². The molecule has 0 atom stereocenters. The highest BCUT2D eigenvalue weighted by molar-refractivity contribution is 5.96. The van der Waals surface area contributed by atoms with E-state index in [1.54, 1.807) is 40.9 Å². The molecule has 1 aromatic heterocycles. The third-order valence-electron chi connectivity index (χ3n) is 3.73. The molecule has 2 aromatic rings. The van der Waals surface area contributed by atoms with Gasteiger partial charge in [0, 0.05) is 25.7 Å². The van der Waals surface area contributed by atoms with E-state index in [0.717, 1.165) is 24.2 Å². The summed E-state index contributed by atoms with van der Waals surface area (Å²) in [6, 6.07) is 5.29. The highest BCUT2D eigenvalue weighted by Gasteiger charge is 2.23. The quantitative estimate of drug-likeness (QED) is 0.814. The molecule has 1 aliphatic heterocycles. The molecule has 0 bridgehead atoms. The van der Waals surface area contributed by atoms with E-state index >= 15 is 0 Å². The standard InChI is InChI=1S/C16H17N3O3/c1-3-18-10-14(9-17-18)22-16(21)13-4-5-15-12(8-13)6-7-19(15)11(2)20/h4-5,8-10H,3,6-7H2,1-2H3. The van der Waals surface area contributed by atoms with Crippen LogP contribution in [0.2, 0.25) is 0 Å². The van der Waals surface area contributed by atoms with Crippen LogP contribution >= 0.6 is 0 Å². The first-order valence-electron chi connectivity index (χ1n) is 7.24. The SMILES string of the molecule is CCn1cc(OC(=O)c2ccc3c(c2)CCN3C(C)=O)cn1. The zero-order chi connectivity index (χ0) is 15.7. The number of fused-ring (bicyclic) bond motifs is 1. The minimum atomic E-state index is -0.417. The summed E-state index contributed by atoms with van der Waals surface area (Å²) in [5.74, 6) is 0.0264. The second-order valence-electron chi connectivity index (χ2n) is 5.19. The van der Waals surface area contributed by atoms with Crippen molar-refractivity contribution >= 4 is 17.6 Å². The van der Waals surface area contributed by atoms with E-state index in [0.29, 0.717) is 17.9 Å². The summed E-state index contributed by atoms with van der Waals surface area (Å²) < 4.78 is 7.00. The van der Waals surface area contributed by atoms with Crippen molar-refractivity contribution in [1.82, 2.24) is 9.78 Å². The Labute approximate surface area is 128 Å². The monoisotopic (exact) mass is 299 g/mol. The van der Waals surface area contributed by atoms with Crippen LogP contribution in [-0.2, 0) is 17.8 Å². The molecule has 0 N–H and O–H groups in total. The van der Waals surface area contributed by atoms with Crippen LogP contribution in [-0.4, -0.2) is 28.2 Å². The summed E-state index contributed by atoms with van der Waals surface area (Å²) in [7, 11) is 0. The number of nitrogens with zero attached hydrogens (tertiary/aromatic N) is 3. The molecular weight excluding hydrogens is 282 g/mol. The Morgan fingerprint density at radius 1 is 1.36 bits per heavy atom. The van der Waals surface area contributed by atoms with Gasteiger partial charge in [-0.15, -0.1) is 0 Å². The summed E-state index contributed by atoms with van der Waals surface area (Å²) in [4.78, 5) is 25.4. The molecule has 1 amide bonds. The van der Waals surface area contributed by atoms with E-state index in [1.165, 1.54) is 6.20 Å². The lowest BCUT2D eigenvalue weighted by Crippen LogP contribution is -2.25. The molecule has 2 heterocycles. The molecule has 6 nitrogen and oxygen atoms in total. The van der Waals surface area contributed by atoms with E-state index in [-0.39, 0.29) is 5.91 Å². The molecule has 0 saturated heterocycles. The van der Waals surface area contributed by atoms with Gasteiger partial charge in [-0.2, -0.15) is 5.10 Å². The molecule has 0 unspecified atom stereocenters. The first-order valence-corrected chi connectivity index (χ1v) is 7.24. The molecule has 0 radical (unpaired) electrons. The highest BCUT2D eigenvalue weighted by atomic mass is 16.5. The number of carbonyl (C=O) groups excluding carboxylic acids is 2. The van der Waals surface area contributed by atoms with E-state index in [2.05, 4.69) is 5.10 Å². The predicted molar refractivity (Wildman–Crippen MR) is 81.0 cm³/mol. The fourth-order valence-electron chi connectivity index (χ4n) is 2.59. The lowest BCUT2D eigenvalue weighted by molar-refractivity contribution is -0.116. The van der Waals surface area contributed by atoms with Crippen molar-refractivity contribution in [3.05, 3.63) is 41.7 Å². The zero-order valence-corrected chi connectivity index (χ0v) is 12.6. The third-order valence-corrected chi connectivity index (χ3v) is 3.73. The Hall–Kier alpha value is -2.63. The Balaban J connectivity index is 1.78. The van der Waals surface area contributed by atoms with Crippen molar-refractivity contribution in [1.29, 1.82) is 0 Å². The maximum Gasteiger partial charge on any atom is 0.343 e. The molecule has 0 fully saturated rings. The number of anilines is 1. The van der Waals surface area contributed by atoms with Crippen LogP contribution in [0.4, 0.5) is 5.69 Å². The van der Waals surface area contributed by atoms with E-state index in [1.807, 2.05) is 6.92 Å². The summed E-state index contributed by atoms with van der Waals surface area (Å²) in [5.41, 5.74) is 2.35. The average molecular weight is 299 g/mol. The second kappa shape index (κ2) is 5.63. The number of aryl methyl sites for hydroxylation is 1.